The Morgan fingerprint density at radius 2 is 1.83 bits per heavy atom. The van der Waals surface area contributed by atoms with E-state index in [1.54, 1.807) is 16.7 Å². The lowest BCUT2D eigenvalue weighted by atomic mass is 10.2. The second-order valence-electron chi connectivity index (χ2n) is 7.05. The quantitative estimate of drug-likeness (QED) is 0.590. The summed E-state index contributed by atoms with van der Waals surface area (Å²) in [5.41, 5.74) is 6.46. The molecule has 0 bridgehead atoms. The van der Waals surface area contributed by atoms with E-state index in [2.05, 4.69) is 15.5 Å². The summed E-state index contributed by atoms with van der Waals surface area (Å²) < 4.78 is 28.7. The van der Waals surface area contributed by atoms with Crippen molar-refractivity contribution in [2.45, 2.75) is 55.6 Å². The molecule has 0 saturated carbocycles. The van der Waals surface area contributed by atoms with Crippen LogP contribution in [0.5, 0.6) is 0 Å². The Labute approximate surface area is 181 Å². The zero-order chi connectivity index (χ0) is 21.7. The van der Waals surface area contributed by atoms with Gasteiger partial charge in [0.25, 0.3) is 0 Å². The monoisotopic (exact) mass is 452 g/mol. The molecule has 30 heavy (non-hydrogen) atoms. The average Bonchev–Trinajstić information content (AvgIpc) is 3.10. The maximum Gasteiger partial charge on any atom is 0.247 e. The molecule has 164 valence electrons. The molecule has 1 fully saturated rings. The largest absolute Gasteiger partial charge is 0.368 e. The summed E-state index contributed by atoms with van der Waals surface area (Å²) in [5, 5.41) is 11.4. The SMILES string of the molecule is CCSc1nnc(N)n1C(CC)C(=O)Nc1ccc(S(=O)(=O)N2CCCCC2)cc1. The number of hydrogen-bond donors (Lipinski definition) is 2. The van der Waals surface area contributed by atoms with Gasteiger partial charge >= 0.3 is 0 Å². The third-order valence-corrected chi connectivity index (χ3v) is 7.78. The predicted octanol–water partition coefficient (Wildman–Crippen LogP) is 2.74. The first-order chi connectivity index (χ1) is 14.4. The van der Waals surface area contributed by atoms with E-state index in [0.717, 1.165) is 25.0 Å². The van der Waals surface area contributed by atoms with Crippen LogP contribution in [0.1, 0.15) is 45.6 Å². The van der Waals surface area contributed by atoms with E-state index in [-0.39, 0.29) is 16.8 Å². The number of benzene rings is 1. The van der Waals surface area contributed by atoms with Crippen molar-refractivity contribution in [1.82, 2.24) is 19.1 Å². The molecule has 0 aliphatic carbocycles. The Balaban J connectivity index is 1.74. The fraction of sp³-hybridized carbons (Fsp3) is 0.526. The highest BCUT2D eigenvalue weighted by Gasteiger charge is 2.27. The maximum absolute atomic E-state index is 12.9. The van der Waals surface area contributed by atoms with Crippen molar-refractivity contribution in [3.63, 3.8) is 0 Å². The van der Waals surface area contributed by atoms with Crippen LogP contribution in [0.15, 0.2) is 34.3 Å². The number of hydrogen-bond acceptors (Lipinski definition) is 7. The number of carbonyl (C=O) groups is 1. The van der Waals surface area contributed by atoms with Crippen LogP contribution in [-0.2, 0) is 14.8 Å². The van der Waals surface area contributed by atoms with Gasteiger partial charge in [-0.15, -0.1) is 10.2 Å². The van der Waals surface area contributed by atoms with Gasteiger partial charge in [0, 0.05) is 18.8 Å². The van der Waals surface area contributed by atoms with E-state index < -0.39 is 16.1 Å². The molecule has 9 nitrogen and oxygen atoms in total. The Morgan fingerprint density at radius 3 is 2.43 bits per heavy atom. The number of aromatic nitrogens is 3. The Morgan fingerprint density at radius 1 is 1.17 bits per heavy atom. The number of piperidine rings is 1. The van der Waals surface area contributed by atoms with Gasteiger partial charge < -0.3 is 11.1 Å². The predicted molar refractivity (Wildman–Crippen MR) is 118 cm³/mol. The first-order valence-corrected chi connectivity index (χ1v) is 12.5. The lowest BCUT2D eigenvalue weighted by molar-refractivity contribution is -0.119. The van der Waals surface area contributed by atoms with Gasteiger partial charge in [-0.05, 0) is 49.3 Å². The molecular weight excluding hydrogens is 424 g/mol. The van der Waals surface area contributed by atoms with Crippen molar-refractivity contribution in [2.24, 2.45) is 0 Å². The molecule has 1 aliphatic heterocycles. The second-order valence-corrected chi connectivity index (χ2v) is 10.2. The van der Waals surface area contributed by atoms with Crippen molar-refractivity contribution in [3.05, 3.63) is 24.3 Å². The molecule has 2 heterocycles. The molecule has 1 aromatic carbocycles. The van der Waals surface area contributed by atoms with Crippen LogP contribution in [-0.4, -0.2) is 52.2 Å². The van der Waals surface area contributed by atoms with Crippen LogP contribution in [0.4, 0.5) is 11.6 Å². The number of nitrogens with two attached hydrogens (primary N) is 1. The van der Waals surface area contributed by atoms with Gasteiger partial charge in [-0.1, -0.05) is 32.0 Å². The van der Waals surface area contributed by atoms with Crippen molar-refractivity contribution in [1.29, 1.82) is 0 Å². The Hall–Kier alpha value is -2.11. The molecule has 1 aliphatic rings. The summed E-state index contributed by atoms with van der Waals surface area (Å²) in [6, 6.07) is 5.72. The summed E-state index contributed by atoms with van der Waals surface area (Å²) >= 11 is 1.47. The smallest absolute Gasteiger partial charge is 0.247 e. The number of thioether (sulfide) groups is 1. The van der Waals surface area contributed by atoms with Crippen LogP contribution in [0.3, 0.4) is 0 Å². The Kier molecular flexibility index (Phi) is 7.37. The summed E-state index contributed by atoms with van der Waals surface area (Å²) in [6.45, 7) is 4.98. The van der Waals surface area contributed by atoms with Crippen LogP contribution in [0.25, 0.3) is 0 Å². The van der Waals surface area contributed by atoms with E-state index in [9.17, 15) is 13.2 Å². The Bertz CT molecular complexity index is 969. The molecule has 1 atom stereocenters. The molecule has 1 saturated heterocycles. The van der Waals surface area contributed by atoms with Crippen molar-refractivity contribution >= 4 is 39.3 Å². The first-order valence-electron chi connectivity index (χ1n) is 10.1. The number of nitrogens with zero attached hydrogens (tertiary/aromatic N) is 4. The number of sulfonamides is 1. The summed E-state index contributed by atoms with van der Waals surface area (Å²) in [6.07, 6.45) is 3.34. The number of nitrogen functional groups attached to an aromatic ring is 1. The minimum Gasteiger partial charge on any atom is -0.368 e. The maximum atomic E-state index is 12.9. The fourth-order valence-electron chi connectivity index (χ4n) is 3.48. The van der Waals surface area contributed by atoms with E-state index in [1.165, 1.54) is 28.2 Å². The van der Waals surface area contributed by atoms with Gasteiger partial charge in [-0.25, -0.2) is 8.42 Å². The number of rotatable bonds is 8. The number of anilines is 2. The topological polar surface area (TPSA) is 123 Å². The molecule has 1 aromatic heterocycles. The minimum atomic E-state index is -3.50. The van der Waals surface area contributed by atoms with Gasteiger partial charge in [-0.2, -0.15) is 4.31 Å². The molecule has 11 heteroatoms. The van der Waals surface area contributed by atoms with Gasteiger partial charge in [0.1, 0.15) is 6.04 Å². The summed E-state index contributed by atoms with van der Waals surface area (Å²) in [4.78, 5) is 13.1. The zero-order valence-corrected chi connectivity index (χ0v) is 18.9. The normalized spacial score (nSPS) is 16.3. The van der Waals surface area contributed by atoms with Crippen molar-refractivity contribution in [2.75, 3.05) is 29.9 Å². The molecule has 3 rings (SSSR count). The van der Waals surface area contributed by atoms with Crippen LogP contribution in [0.2, 0.25) is 0 Å². The average molecular weight is 453 g/mol. The van der Waals surface area contributed by atoms with E-state index in [4.69, 9.17) is 5.73 Å². The molecule has 3 N–H and O–H groups in total. The van der Waals surface area contributed by atoms with Gasteiger partial charge in [0.2, 0.25) is 21.9 Å². The highest BCUT2D eigenvalue weighted by molar-refractivity contribution is 7.99. The molecule has 0 spiro atoms. The second kappa shape index (κ2) is 9.80. The highest BCUT2D eigenvalue weighted by atomic mass is 32.2. The highest BCUT2D eigenvalue weighted by Crippen LogP contribution is 2.27. The van der Waals surface area contributed by atoms with Crippen LogP contribution >= 0.6 is 11.8 Å². The van der Waals surface area contributed by atoms with Crippen molar-refractivity contribution < 1.29 is 13.2 Å². The summed E-state index contributed by atoms with van der Waals surface area (Å²) in [5.74, 6) is 0.716. The van der Waals surface area contributed by atoms with Crippen molar-refractivity contribution in [3.8, 4) is 0 Å². The molecule has 1 unspecified atom stereocenters. The first kappa shape index (κ1) is 22.6. The molecule has 1 amide bonds. The third kappa shape index (κ3) is 4.79. The third-order valence-electron chi connectivity index (χ3n) is 5.04. The zero-order valence-electron chi connectivity index (χ0n) is 17.2. The van der Waals surface area contributed by atoms with Crippen LogP contribution < -0.4 is 11.1 Å². The summed E-state index contributed by atoms with van der Waals surface area (Å²) in [7, 11) is -3.50. The molecule has 2 aromatic rings. The van der Waals surface area contributed by atoms with E-state index in [0.29, 0.717) is 30.4 Å². The fourth-order valence-corrected chi connectivity index (χ4v) is 5.72. The van der Waals surface area contributed by atoms with Gasteiger partial charge in [0.05, 0.1) is 4.90 Å². The van der Waals surface area contributed by atoms with Gasteiger partial charge in [-0.3, -0.25) is 9.36 Å². The molecule has 0 radical (unpaired) electrons. The minimum absolute atomic E-state index is 0.191. The number of carbonyl (C=O) groups excluding carboxylic acids is 1. The lowest BCUT2D eigenvalue weighted by Gasteiger charge is -2.26. The lowest BCUT2D eigenvalue weighted by Crippen LogP contribution is -2.35. The number of nitrogens with one attached hydrogen (secondary N) is 1. The number of amides is 1. The van der Waals surface area contributed by atoms with E-state index >= 15 is 0 Å². The van der Waals surface area contributed by atoms with Crippen LogP contribution in [0, 0.1) is 0 Å². The standard InChI is InChI=1S/C19H28N6O3S2/c1-3-16(25-18(20)22-23-19(25)29-4-2)17(26)21-14-8-10-15(11-9-14)30(27,28)24-12-6-5-7-13-24/h8-11,16H,3-7,12-13H2,1-2H3,(H2,20,22)(H,21,26). The van der Waals surface area contributed by atoms with Gasteiger partial charge in [0.15, 0.2) is 5.16 Å². The van der Waals surface area contributed by atoms with E-state index in [1.807, 2.05) is 13.8 Å². The molecular formula is C19H28N6O3S2.